The summed E-state index contributed by atoms with van der Waals surface area (Å²) >= 11 is 0. The van der Waals surface area contributed by atoms with Crippen LogP contribution in [0.15, 0.2) is 48.5 Å². The zero-order valence-electron chi connectivity index (χ0n) is 19.4. The highest BCUT2D eigenvalue weighted by atomic mass is 16.6. The Morgan fingerprint density at radius 2 is 1.76 bits per heavy atom. The molecular formula is C26H32N2O5. The lowest BCUT2D eigenvalue weighted by molar-refractivity contribution is -0.136. The summed E-state index contributed by atoms with van der Waals surface area (Å²) in [7, 11) is 3.23. The van der Waals surface area contributed by atoms with E-state index in [9.17, 15) is 9.59 Å². The second kappa shape index (κ2) is 10.6. The van der Waals surface area contributed by atoms with Crippen molar-refractivity contribution in [1.29, 1.82) is 0 Å². The summed E-state index contributed by atoms with van der Waals surface area (Å²) in [5.41, 5.74) is 2.01. The highest BCUT2D eigenvalue weighted by molar-refractivity contribution is 5.86. The first-order valence-electron chi connectivity index (χ1n) is 11.6. The lowest BCUT2D eigenvalue weighted by Gasteiger charge is -2.38. The van der Waals surface area contributed by atoms with Crippen molar-refractivity contribution in [2.24, 2.45) is 0 Å². The molecule has 2 unspecified atom stereocenters. The number of benzene rings is 2. The maximum Gasteiger partial charge on any atom is 0.411 e. The van der Waals surface area contributed by atoms with Gasteiger partial charge in [0.2, 0.25) is 5.91 Å². The number of ether oxygens (including phenoxy) is 3. The van der Waals surface area contributed by atoms with E-state index in [1.54, 1.807) is 19.1 Å². The minimum Gasteiger partial charge on any atom is -0.493 e. The highest BCUT2D eigenvalue weighted by Gasteiger charge is 2.43. The smallest absolute Gasteiger partial charge is 0.411 e. The molecule has 176 valence electrons. The number of hydrogen-bond acceptors (Lipinski definition) is 5. The van der Waals surface area contributed by atoms with Crippen LogP contribution in [0.25, 0.3) is 0 Å². The Morgan fingerprint density at radius 1 is 0.970 bits per heavy atom. The molecule has 33 heavy (non-hydrogen) atoms. The Balaban J connectivity index is 1.41. The second-order valence-corrected chi connectivity index (χ2v) is 8.60. The minimum atomic E-state index is -0.445. The fourth-order valence-electron chi connectivity index (χ4n) is 4.82. The van der Waals surface area contributed by atoms with E-state index in [1.807, 2.05) is 53.4 Å². The lowest BCUT2D eigenvalue weighted by atomic mass is 9.95. The number of hydrogen-bond donors (Lipinski definition) is 0. The SMILES string of the molecule is COc1ccc(CCN2CCC3CCCC(C2=O)N3C(=O)OCc2ccccc2)cc1OC. The Hall–Kier alpha value is -3.22. The van der Waals surface area contributed by atoms with Gasteiger partial charge in [-0.15, -0.1) is 0 Å². The number of piperidine rings is 1. The van der Waals surface area contributed by atoms with Crippen molar-refractivity contribution in [3.8, 4) is 11.5 Å². The second-order valence-electron chi connectivity index (χ2n) is 8.60. The molecule has 2 fully saturated rings. The molecule has 2 aliphatic heterocycles. The first-order valence-corrected chi connectivity index (χ1v) is 11.6. The van der Waals surface area contributed by atoms with Gasteiger partial charge in [0.1, 0.15) is 12.6 Å². The summed E-state index contributed by atoms with van der Waals surface area (Å²) in [6.07, 6.45) is 3.64. The summed E-state index contributed by atoms with van der Waals surface area (Å²) in [6, 6.07) is 15.1. The van der Waals surface area contributed by atoms with Gasteiger partial charge in [-0.25, -0.2) is 4.79 Å². The number of carbonyl (C=O) groups excluding carboxylic acids is 2. The molecule has 2 amide bonds. The number of amides is 2. The predicted molar refractivity (Wildman–Crippen MR) is 124 cm³/mol. The molecule has 2 aliphatic rings. The molecule has 0 saturated carbocycles. The Kier molecular flexibility index (Phi) is 7.37. The third kappa shape index (κ3) is 5.24. The summed E-state index contributed by atoms with van der Waals surface area (Å²) < 4.78 is 16.3. The first-order chi connectivity index (χ1) is 16.1. The van der Waals surface area contributed by atoms with Crippen LogP contribution < -0.4 is 9.47 Å². The average molecular weight is 453 g/mol. The molecule has 2 atom stereocenters. The Morgan fingerprint density at radius 3 is 2.52 bits per heavy atom. The van der Waals surface area contributed by atoms with E-state index in [2.05, 4.69) is 0 Å². The van der Waals surface area contributed by atoms with E-state index in [4.69, 9.17) is 14.2 Å². The molecular weight excluding hydrogens is 420 g/mol. The molecule has 2 aromatic rings. The van der Waals surface area contributed by atoms with Gasteiger partial charge in [-0.05, 0) is 55.4 Å². The van der Waals surface area contributed by atoms with Crippen LogP contribution in [0, 0.1) is 0 Å². The average Bonchev–Trinajstić information content (AvgIpc) is 2.93. The van der Waals surface area contributed by atoms with Crippen molar-refractivity contribution in [3.63, 3.8) is 0 Å². The van der Waals surface area contributed by atoms with Gasteiger partial charge in [0.15, 0.2) is 11.5 Å². The summed E-state index contributed by atoms with van der Waals surface area (Å²) in [5, 5.41) is 0. The standard InChI is InChI=1S/C26H32N2O5/c1-31-23-12-11-19(17-24(23)32-2)13-15-27-16-14-21-9-6-10-22(25(27)29)28(21)26(30)33-18-20-7-4-3-5-8-20/h3-5,7-8,11-12,17,21-22H,6,9-10,13-16,18H2,1-2H3. The summed E-state index contributed by atoms with van der Waals surface area (Å²) in [4.78, 5) is 30.0. The minimum absolute atomic E-state index is 0.0225. The fraction of sp³-hybridized carbons (Fsp3) is 0.462. The number of carbonyl (C=O) groups is 2. The molecule has 0 radical (unpaired) electrons. The van der Waals surface area contributed by atoms with E-state index in [-0.39, 0.29) is 24.6 Å². The fourth-order valence-corrected chi connectivity index (χ4v) is 4.82. The van der Waals surface area contributed by atoms with Crippen LogP contribution in [0.1, 0.15) is 36.8 Å². The van der Waals surface area contributed by atoms with E-state index in [0.29, 0.717) is 37.4 Å². The molecule has 7 heteroatoms. The maximum atomic E-state index is 13.4. The normalized spacial score (nSPS) is 20.2. The van der Waals surface area contributed by atoms with E-state index >= 15 is 0 Å². The number of fused-ring (bicyclic) bond motifs is 2. The third-order valence-electron chi connectivity index (χ3n) is 6.61. The van der Waals surface area contributed by atoms with Gasteiger partial charge in [0.25, 0.3) is 0 Å². The van der Waals surface area contributed by atoms with Crippen LogP contribution in [0.4, 0.5) is 4.79 Å². The number of rotatable bonds is 7. The van der Waals surface area contributed by atoms with Crippen molar-refractivity contribution < 1.29 is 23.8 Å². The number of nitrogens with zero attached hydrogens (tertiary/aromatic N) is 2. The Labute approximate surface area is 195 Å². The van der Waals surface area contributed by atoms with Crippen molar-refractivity contribution in [2.45, 2.75) is 50.8 Å². The van der Waals surface area contributed by atoms with Crippen molar-refractivity contribution in [2.75, 3.05) is 27.3 Å². The van der Waals surface area contributed by atoms with Crippen molar-refractivity contribution in [3.05, 3.63) is 59.7 Å². The largest absolute Gasteiger partial charge is 0.493 e. The summed E-state index contributed by atoms with van der Waals surface area (Å²) in [6.45, 7) is 1.47. The van der Waals surface area contributed by atoms with Gasteiger partial charge in [-0.3, -0.25) is 9.69 Å². The van der Waals surface area contributed by atoms with Gasteiger partial charge in [0.05, 0.1) is 14.2 Å². The van der Waals surface area contributed by atoms with Crippen LogP contribution >= 0.6 is 0 Å². The van der Waals surface area contributed by atoms with Gasteiger partial charge in [-0.2, -0.15) is 0 Å². The molecule has 7 nitrogen and oxygen atoms in total. The lowest BCUT2D eigenvalue weighted by Crippen LogP contribution is -2.54. The molecule has 2 heterocycles. The van der Waals surface area contributed by atoms with Crippen molar-refractivity contribution >= 4 is 12.0 Å². The monoisotopic (exact) mass is 452 g/mol. The Bertz CT molecular complexity index is 964. The molecule has 0 N–H and O–H groups in total. The molecule has 2 aromatic carbocycles. The predicted octanol–water partition coefficient (Wildman–Crippen LogP) is 4.04. The van der Waals surface area contributed by atoms with Gasteiger partial charge in [0, 0.05) is 19.1 Å². The van der Waals surface area contributed by atoms with Gasteiger partial charge in [-0.1, -0.05) is 36.4 Å². The summed E-state index contributed by atoms with van der Waals surface area (Å²) in [5.74, 6) is 1.39. The molecule has 2 bridgehead atoms. The van der Waals surface area contributed by atoms with E-state index in [0.717, 1.165) is 30.4 Å². The topological polar surface area (TPSA) is 68.3 Å². The van der Waals surface area contributed by atoms with Gasteiger partial charge < -0.3 is 19.1 Å². The van der Waals surface area contributed by atoms with E-state index in [1.165, 1.54) is 0 Å². The van der Waals surface area contributed by atoms with Crippen LogP contribution in [-0.4, -0.2) is 61.2 Å². The van der Waals surface area contributed by atoms with Crippen LogP contribution in [0.2, 0.25) is 0 Å². The van der Waals surface area contributed by atoms with E-state index < -0.39 is 6.04 Å². The molecule has 0 spiro atoms. The maximum absolute atomic E-state index is 13.4. The molecule has 2 saturated heterocycles. The van der Waals surface area contributed by atoms with Crippen molar-refractivity contribution in [1.82, 2.24) is 9.80 Å². The zero-order chi connectivity index (χ0) is 23.2. The first kappa shape index (κ1) is 23.0. The third-order valence-corrected chi connectivity index (χ3v) is 6.61. The highest BCUT2D eigenvalue weighted by Crippen LogP contribution is 2.31. The molecule has 0 aliphatic carbocycles. The van der Waals surface area contributed by atoms with Crippen LogP contribution in [0.5, 0.6) is 11.5 Å². The zero-order valence-corrected chi connectivity index (χ0v) is 19.4. The number of methoxy groups -OCH3 is 2. The van der Waals surface area contributed by atoms with Gasteiger partial charge >= 0.3 is 6.09 Å². The van der Waals surface area contributed by atoms with Crippen LogP contribution in [0.3, 0.4) is 0 Å². The molecule has 4 rings (SSSR count). The van der Waals surface area contributed by atoms with Crippen LogP contribution in [-0.2, 0) is 22.6 Å². The quantitative estimate of drug-likeness (QED) is 0.634. The molecule has 0 aromatic heterocycles.